The molecule has 0 radical (unpaired) electrons. The second-order valence-electron chi connectivity index (χ2n) is 10.2. The Hall–Kier alpha value is -3.21. The number of hydrogen-bond donors (Lipinski definition) is 3. The zero-order valence-corrected chi connectivity index (χ0v) is 21.8. The van der Waals surface area contributed by atoms with Gasteiger partial charge in [-0.2, -0.15) is 0 Å². The molecular weight excluding hydrogens is 454 g/mol. The first-order valence-corrected chi connectivity index (χ1v) is 11.7. The van der Waals surface area contributed by atoms with Gasteiger partial charge in [0, 0.05) is 45.0 Å². The quantitative estimate of drug-likeness (QED) is 0.552. The van der Waals surface area contributed by atoms with Gasteiger partial charge in [-0.1, -0.05) is 0 Å². The number of carbonyl (C=O) groups excluding carboxylic acids is 3. The fourth-order valence-electron chi connectivity index (χ4n) is 3.28. The number of hydrogen-bond acceptors (Lipinski definition) is 7. The third-order valence-corrected chi connectivity index (χ3v) is 4.83. The lowest BCUT2D eigenvalue weighted by Gasteiger charge is -2.35. The average Bonchev–Trinajstić information content (AvgIpc) is 2.72. The molecule has 1 aliphatic heterocycles. The lowest BCUT2D eigenvalue weighted by Crippen LogP contribution is -2.51. The van der Waals surface area contributed by atoms with Crippen molar-refractivity contribution in [3.8, 4) is 5.75 Å². The summed E-state index contributed by atoms with van der Waals surface area (Å²) in [7, 11) is 1.49. The predicted molar refractivity (Wildman–Crippen MR) is 134 cm³/mol. The fourth-order valence-corrected chi connectivity index (χ4v) is 3.28. The van der Waals surface area contributed by atoms with Gasteiger partial charge in [-0.3, -0.25) is 10.2 Å². The molecule has 0 aromatic heterocycles. The van der Waals surface area contributed by atoms with Crippen molar-refractivity contribution in [3.05, 3.63) is 18.2 Å². The number of anilines is 2. The molecule has 196 valence electrons. The first-order chi connectivity index (χ1) is 16.3. The van der Waals surface area contributed by atoms with Gasteiger partial charge in [0.15, 0.2) is 0 Å². The molecule has 0 aliphatic carbocycles. The van der Waals surface area contributed by atoms with Crippen LogP contribution in [0.3, 0.4) is 0 Å². The summed E-state index contributed by atoms with van der Waals surface area (Å²) in [6.45, 7) is 14.5. The third-order valence-electron chi connectivity index (χ3n) is 4.83. The van der Waals surface area contributed by atoms with E-state index in [0.717, 1.165) is 0 Å². The summed E-state index contributed by atoms with van der Waals surface area (Å²) in [5, 5.41) is 8.21. The molecule has 0 atom stereocenters. The fraction of sp³-hybridized carbons (Fsp3) is 0.625. The lowest BCUT2D eigenvalue weighted by atomic mass is 10.2. The molecule has 0 bridgehead atoms. The van der Waals surface area contributed by atoms with Crippen molar-refractivity contribution < 1.29 is 28.6 Å². The van der Waals surface area contributed by atoms with Crippen LogP contribution in [-0.2, 0) is 9.47 Å². The number of nitrogens with one attached hydrogen (secondary N) is 3. The monoisotopic (exact) mass is 493 g/mol. The van der Waals surface area contributed by atoms with Crippen LogP contribution >= 0.6 is 0 Å². The Morgan fingerprint density at radius 2 is 1.54 bits per heavy atom. The van der Waals surface area contributed by atoms with E-state index in [1.165, 1.54) is 7.11 Å². The van der Waals surface area contributed by atoms with E-state index >= 15 is 0 Å². The number of carbonyl (C=O) groups is 3. The van der Waals surface area contributed by atoms with Crippen LogP contribution in [-0.4, -0.2) is 85.6 Å². The van der Waals surface area contributed by atoms with Crippen LogP contribution in [0.5, 0.6) is 5.75 Å². The summed E-state index contributed by atoms with van der Waals surface area (Å²) in [5.74, 6) is 0.437. The molecule has 1 aromatic rings. The van der Waals surface area contributed by atoms with Gasteiger partial charge in [-0.15, -0.1) is 0 Å². The molecular formula is C24H39N5O6. The van der Waals surface area contributed by atoms with Crippen LogP contribution in [0.4, 0.5) is 25.8 Å². The van der Waals surface area contributed by atoms with Crippen molar-refractivity contribution >= 4 is 29.6 Å². The zero-order chi connectivity index (χ0) is 26.2. The van der Waals surface area contributed by atoms with Crippen molar-refractivity contribution in [2.75, 3.05) is 57.0 Å². The van der Waals surface area contributed by atoms with Crippen molar-refractivity contribution in [2.24, 2.45) is 0 Å². The minimum atomic E-state index is -0.643. The largest absolute Gasteiger partial charge is 0.495 e. The highest BCUT2D eigenvalue weighted by molar-refractivity contribution is 5.92. The maximum absolute atomic E-state index is 12.4. The van der Waals surface area contributed by atoms with Crippen LogP contribution < -0.4 is 20.7 Å². The van der Waals surface area contributed by atoms with E-state index in [2.05, 4.69) is 20.9 Å². The first kappa shape index (κ1) is 28.0. The van der Waals surface area contributed by atoms with Gasteiger partial charge < -0.3 is 29.7 Å². The number of urea groups is 1. The molecule has 2 rings (SSSR count). The van der Waals surface area contributed by atoms with Crippen LogP contribution in [0.1, 0.15) is 41.5 Å². The normalized spacial score (nSPS) is 14.7. The van der Waals surface area contributed by atoms with E-state index in [9.17, 15) is 14.4 Å². The Balaban J connectivity index is 1.78. The number of rotatable bonds is 6. The molecule has 11 heteroatoms. The van der Waals surface area contributed by atoms with Gasteiger partial charge >= 0.3 is 18.2 Å². The van der Waals surface area contributed by atoms with Crippen molar-refractivity contribution in [2.45, 2.75) is 52.7 Å². The topological polar surface area (TPSA) is 121 Å². The van der Waals surface area contributed by atoms with E-state index in [-0.39, 0.29) is 12.1 Å². The van der Waals surface area contributed by atoms with Gasteiger partial charge in [-0.25, -0.2) is 14.4 Å². The molecule has 1 aromatic carbocycles. The summed E-state index contributed by atoms with van der Waals surface area (Å²) in [5.41, 5.74) is -0.292. The molecule has 0 unspecified atom stereocenters. The number of methoxy groups -OCH3 is 1. The smallest absolute Gasteiger partial charge is 0.412 e. The summed E-state index contributed by atoms with van der Waals surface area (Å²) in [4.78, 5) is 40.5. The number of ether oxygens (including phenoxy) is 3. The Morgan fingerprint density at radius 3 is 2.11 bits per heavy atom. The van der Waals surface area contributed by atoms with E-state index < -0.39 is 17.3 Å². The Bertz CT molecular complexity index is 885. The molecule has 3 N–H and O–H groups in total. The summed E-state index contributed by atoms with van der Waals surface area (Å²) < 4.78 is 16.0. The molecule has 1 fully saturated rings. The second kappa shape index (κ2) is 12.0. The van der Waals surface area contributed by atoms with Gasteiger partial charge in [-0.05, 0) is 59.7 Å². The zero-order valence-electron chi connectivity index (χ0n) is 21.8. The Labute approximate surface area is 207 Å². The van der Waals surface area contributed by atoms with E-state index in [4.69, 9.17) is 14.2 Å². The van der Waals surface area contributed by atoms with Crippen molar-refractivity contribution in [1.29, 1.82) is 0 Å². The van der Waals surface area contributed by atoms with Crippen molar-refractivity contribution in [1.82, 2.24) is 15.1 Å². The lowest BCUT2D eigenvalue weighted by molar-refractivity contribution is 0.0147. The predicted octanol–water partition coefficient (Wildman–Crippen LogP) is 3.72. The SMILES string of the molecule is COc1ccc(NC(=O)NCCN2CCN(C(=O)OC(C)(C)C)CC2)cc1NC(=O)OC(C)(C)C. The van der Waals surface area contributed by atoms with Gasteiger partial charge in [0.2, 0.25) is 0 Å². The second-order valence-corrected chi connectivity index (χ2v) is 10.2. The van der Waals surface area contributed by atoms with E-state index in [1.54, 1.807) is 43.9 Å². The number of piperazine rings is 1. The van der Waals surface area contributed by atoms with Crippen LogP contribution in [0.2, 0.25) is 0 Å². The summed E-state index contributed by atoms with van der Waals surface area (Å²) in [6, 6.07) is 4.55. The van der Waals surface area contributed by atoms with Gasteiger partial charge in [0.25, 0.3) is 0 Å². The minimum Gasteiger partial charge on any atom is -0.495 e. The summed E-state index contributed by atoms with van der Waals surface area (Å²) >= 11 is 0. The molecule has 35 heavy (non-hydrogen) atoms. The summed E-state index contributed by atoms with van der Waals surface area (Å²) in [6.07, 6.45) is -0.918. The van der Waals surface area contributed by atoms with E-state index in [1.807, 2.05) is 20.8 Å². The number of benzene rings is 1. The molecule has 1 aliphatic rings. The highest BCUT2D eigenvalue weighted by Crippen LogP contribution is 2.28. The van der Waals surface area contributed by atoms with Crippen LogP contribution in [0.25, 0.3) is 0 Å². The highest BCUT2D eigenvalue weighted by atomic mass is 16.6. The minimum absolute atomic E-state index is 0.297. The molecule has 1 saturated heterocycles. The molecule has 4 amide bonds. The van der Waals surface area contributed by atoms with Gasteiger partial charge in [0.1, 0.15) is 17.0 Å². The molecule has 11 nitrogen and oxygen atoms in total. The Kier molecular flexibility index (Phi) is 9.58. The highest BCUT2D eigenvalue weighted by Gasteiger charge is 2.25. The van der Waals surface area contributed by atoms with Crippen LogP contribution in [0, 0.1) is 0 Å². The van der Waals surface area contributed by atoms with Crippen molar-refractivity contribution in [3.63, 3.8) is 0 Å². The first-order valence-electron chi connectivity index (χ1n) is 11.7. The number of nitrogens with zero attached hydrogens (tertiary/aromatic N) is 2. The molecule has 0 spiro atoms. The Morgan fingerprint density at radius 1 is 0.914 bits per heavy atom. The van der Waals surface area contributed by atoms with E-state index in [0.29, 0.717) is 56.4 Å². The maximum Gasteiger partial charge on any atom is 0.412 e. The standard InChI is InChI=1S/C24H39N5O6/c1-23(2,3)34-21(31)27-18-16-17(8-9-19(18)33-7)26-20(30)25-10-11-28-12-14-29(15-13-28)22(32)35-24(4,5)6/h8-9,16H,10-15H2,1-7H3,(H,27,31)(H2,25,26,30). The maximum atomic E-state index is 12.4. The van der Waals surface area contributed by atoms with Gasteiger partial charge in [0.05, 0.1) is 12.8 Å². The number of amides is 4. The molecule has 1 heterocycles. The average molecular weight is 494 g/mol. The van der Waals surface area contributed by atoms with Crippen LogP contribution in [0.15, 0.2) is 18.2 Å². The third kappa shape index (κ3) is 10.3. The molecule has 0 saturated carbocycles.